The number of unbranched alkanes of at least 4 members (excludes halogenated alkanes) is 1. The zero-order valence-electron chi connectivity index (χ0n) is 26.4. The number of benzene rings is 2. The third-order valence-electron chi connectivity index (χ3n) is 7.80. The standard InChI is InChI=1S/C34H41F3N2O6/c1-6-10-22-18-26-27(34(35,36)37)19-28(40)45-30(26)25(11-7-2)29(22)43-17-9-8-16-39-31(41)33(5,38-32(39)42)23-12-14-24(15-13-23)44-20-21(3)4/h12-15,18-19,21H,6-11,16-17,20H2,1-5H3,(H,38,42). The first kappa shape index (κ1) is 33.9. The number of imide groups is 1. The van der Waals surface area contributed by atoms with Crippen LogP contribution in [-0.4, -0.2) is 36.6 Å². The predicted molar refractivity (Wildman–Crippen MR) is 165 cm³/mol. The maximum absolute atomic E-state index is 13.8. The average Bonchev–Trinajstić information content (AvgIpc) is 3.20. The van der Waals surface area contributed by atoms with Crippen LogP contribution in [0.2, 0.25) is 0 Å². The summed E-state index contributed by atoms with van der Waals surface area (Å²) < 4.78 is 58.7. The van der Waals surface area contributed by atoms with Crippen molar-refractivity contribution < 1.29 is 36.7 Å². The second-order valence-corrected chi connectivity index (χ2v) is 12.0. The maximum atomic E-state index is 13.8. The lowest BCUT2D eigenvalue weighted by molar-refractivity contribution is -0.136. The van der Waals surface area contributed by atoms with Gasteiger partial charge in [-0.05, 0) is 67.9 Å². The minimum absolute atomic E-state index is 0.107. The zero-order valence-corrected chi connectivity index (χ0v) is 26.4. The molecule has 1 aliphatic rings. The summed E-state index contributed by atoms with van der Waals surface area (Å²) in [7, 11) is 0. The summed E-state index contributed by atoms with van der Waals surface area (Å²) >= 11 is 0. The molecule has 0 bridgehead atoms. The van der Waals surface area contributed by atoms with E-state index in [1.807, 2.05) is 13.8 Å². The molecule has 0 radical (unpaired) electrons. The Morgan fingerprint density at radius 2 is 1.67 bits per heavy atom. The highest BCUT2D eigenvalue weighted by Crippen LogP contribution is 2.40. The minimum Gasteiger partial charge on any atom is -0.493 e. The molecule has 0 aliphatic carbocycles. The molecule has 1 aromatic heterocycles. The maximum Gasteiger partial charge on any atom is 0.417 e. The van der Waals surface area contributed by atoms with Crippen molar-refractivity contribution >= 4 is 22.9 Å². The Kier molecular flexibility index (Phi) is 10.5. The molecule has 4 rings (SSSR count). The molecule has 1 atom stereocenters. The first-order valence-electron chi connectivity index (χ1n) is 15.5. The number of alkyl halides is 3. The average molecular weight is 631 g/mol. The number of halogens is 3. The van der Waals surface area contributed by atoms with Gasteiger partial charge < -0.3 is 19.2 Å². The lowest BCUT2D eigenvalue weighted by atomic mass is 9.92. The first-order chi connectivity index (χ1) is 21.3. The fourth-order valence-electron chi connectivity index (χ4n) is 5.54. The van der Waals surface area contributed by atoms with Gasteiger partial charge in [-0.3, -0.25) is 9.69 Å². The molecule has 8 nitrogen and oxygen atoms in total. The molecule has 2 heterocycles. The summed E-state index contributed by atoms with van der Waals surface area (Å²) in [6, 6.07) is 8.53. The van der Waals surface area contributed by atoms with Crippen molar-refractivity contribution in [3.8, 4) is 11.5 Å². The molecule has 1 unspecified atom stereocenters. The Balaban J connectivity index is 1.46. The summed E-state index contributed by atoms with van der Waals surface area (Å²) in [6.45, 7) is 10.5. The second-order valence-electron chi connectivity index (χ2n) is 12.0. The van der Waals surface area contributed by atoms with E-state index in [2.05, 4.69) is 19.2 Å². The van der Waals surface area contributed by atoms with E-state index in [0.717, 1.165) is 0 Å². The third kappa shape index (κ3) is 7.45. The van der Waals surface area contributed by atoms with Gasteiger partial charge in [0.25, 0.3) is 5.91 Å². The van der Waals surface area contributed by atoms with Gasteiger partial charge in [-0.25, -0.2) is 9.59 Å². The van der Waals surface area contributed by atoms with Crippen LogP contribution in [0.1, 0.15) is 82.6 Å². The Labute approximate surface area is 260 Å². The number of ether oxygens (including phenoxy) is 2. The highest BCUT2D eigenvalue weighted by atomic mass is 19.4. The van der Waals surface area contributed by atoms with E-state index < -0.39 is 28.9 Å². The monoisotopic (exact) mass is 630 g/mol. The molecular weight excluding hydrogens is 589 g/mol. The number of hydrogen-bond acceptors (Lipinski definition) is 6. The normalized spacial score (nSPS) is 17.0. The predicted octanol–water partition coefficient (Wildman–Crippen LogP) is 7.38. The molecule has 1 fully saturated rings. The molecule has 0 saturated carbocycles. The van der Waals surface area contributed by atoms with Gasteiger partial charge in [0.05, 0.1) is 18.8 Å². The molecule has 0 spiro atoms. The Morgan fingerprint density at radius 1 is 0.978 bits per heavy atom. The second kappa shape index (κ2) is 14.0. The molecule has 2 aromatic carbocycles. The van der Waals surface area contributed by atoms with E-state index in [4.69, 9.17) is 13.9 Å². The van der Waals surface area contributed by atoms with Crippen LogP contribution in [-0.2, 0) is 29.4 Å². The highest BCUT2D eigenvalue weighted by Gasteiger charge is 2.48. The topological polar surface area (TPSA) is 98.1 Å². The quantitative estimate of drug-likeness (QED) is 0.113. The van der Waals surface area contributed by atoms with Gasteiger partial charge in [-0.1, -0.05) is 52.7 Å². The largest absolute Gasteiger partial charge is 0.493 e. The van der Waals surface area contributed by atoms with Crippen molar-refractivity contribution in [1.82, 2.24) is 10.2 Å². The number of aryl methyl sites for hydroxylation is 2. The lowest BCUT2D eigenvalue weighted by Gasteiger charge is -2.22. The number of carbonyl (C=O) groups is 2. The van der Waals surface area contributed by atoms with Gasteiger partial charge in [0.15, 0.2) is 0 Å². The molecule has 244 valence electrons. The van der Waals surface area contributed by atoms with Crippen molar-refractivity contribution in [1.29, 1.82) is 0 Å². The number of nitrogens with one attached hydrogen (secondary N) is 1. The van der Waals surface area contributed by atoms with Gasteiger partial charge in [0.1, 0.15) is 22.6 Å². The number of hydrogen-bond donors (Lipinski definition) is 1. The van der Waals surface area contributed by atoms with Crippen molar-refractivity contribution in [2.45, 2.75) is 84.9 Å². The van der Waals surface area contributed by atoms with Crippen LogP contribution in [0.5, 0.6) is 11.5 Å². The summed E-state index contributed by atoms with van der Waals surface area (Å²) in [4.78, 5) is 39.5. The Bertz CT molecular complexity index is 1580. The number of fused-ring (bicyclic) bond motifs is 1. The van der Waals surface area contributed by atoms with Gasteiger partial charge in [-0.15, -0.1) is 0 Å². The van der Waals surface area contributed by atoms with Crippen LogP contribution in [0.15, 0.2) is 45.6 Å². The number of carbonyl (C=O) groups excluding carboxylic acids is 2. The molecule has 1 saturated heterocycles. The summed E-state index contributed by atoms with van der Waals surface area (Å²) in [5.41, 5.74) is -1.72. The first-order valence-corrected chi connectivity index (χ1v) is 15.5. The van der Waals surface area contributed by atoms with Gasteiger partial charge in [-0.2, -0.15) is 13.2 Å². The van der Waals surface area contributed by atoms with Crippen molar-refractivity contribution in [3.63, 3.8) is 0 Å². The van der Waals surface area contributed by atoms with Crippen LogP contribution in [0.3, 0.4) is 0 Å². The SMILES string of the molecule is CCCc1cc2c(C(F)(F)F)cc(=O)oc2c(CCC)c1OCCCCN1C(=O)NC(C)(c2ccc(OCC(C)C)cc2)C1=O. The van der Waals surface area contributed by atoms with Crippen LogP contribution in [0.25, 0.3) is 11.0 Å². The highest BCUT2D eigenvalue weighted by molar-refractivity contribution is 6.07. The summed E-state index contributed by atoms with van der Waals surface area (Å²) in [6.07, 6.45) is -1.69. The van der Waals surface area contributed by atoms with Gasteiger partial charge in [0.2, 0.25) is 0 Å². The zero-order chi connectivity index (χ0) is 32.9. The summed E-state index contributed by atoms with van der Waals surface area (Å²) in [5.74, 6) is 1.13. The Hall–Kier alpha value is -4.02. The van der Waals surface area contributed by atoms with Crippen LogP contribution in [0.4, 0.5) is 18.0 Å². The lowest BCUT2D eigenvalue weighted by Crippen LogP contribution is -2.41. The minimum atomic E-state index is -4.72. The fraction of sp³-hybridized carbons (Fsp3) is 0.500. The van der Waals surface area contributed by atoms with Crippen LogP contribution >= 0.6 is 0 Å². The number of nitrogens with zero attached hydrogens (tertiary/aromatic N) is 1. The van der Waals surface area contributed by atoms with Crippen LogP contribution < -0.4 is 20.4 Å². The molecule has 11 heteroatoms. The smallest absolute Gasteiger partial charge is 0.417 e. The van der Waals surface area contributed by atoms with Crippen molar-refractivity contribution in [2.75, 3.05) is 19.8 Å². The number of amides is 3. The van der Waals surface area contributed by atoms with Crippen molar-refractivity contribution in [3.05, 3.63) is 69.1 Å². The van der Waals surface area contributed by atoms with Gasteiger partial charge >= 0.3 is 17.8 Å². The molecule has 45 heavy (non-hydrogen) atoms. The number of urea groups is 1. The van der Waals surface area contributed by atoms with Crippen LogP contribution in [0, 0.1) is 5.92 Å². The van der Waals surface area contributed by atoms with Crippen molar-refractivity contribution in [2.24, 2.45) is 5.92 Å². The fourth-order valence-corrected chi connectivity index (χ4v) is 5.54. The summed E-state index contributed by atoms with van der Waals surface area (Å²) in [5, 5.41) is 2.66. The Morgan fingerprint density at radius 3 is 2.29 bits per heavy atom. The van der Waals surface area contributed by atoms with E-state index >= 15 is 0 Å². The van der Waals surface area contributed by atoms with E-state index in [-0.39, 0.29) is 30.0 Å². The molecule has 3 aromatic rings. The number of rotatable bonds is 14. The van der Waals surface area contributed by atoms with E-state index in [0.29, 0.717) is 85.3 Å². The molecule has 1 aliphatic heterocycles. The van der Waals surface area contributed by atoms with E-state index in [1.54, 1.807) is 31.2 Å². The molecular formula is C34H41F3N2O6. The molecule has 1 N–H and O–H groups in total. The third-order valence-corrected chi connectivity index (χ3v) is 7.80. The molecule has 3 amide bonds. The van der Waals surface area contributed by atoms with E-state index in [1.165, 1.54) is 11.0 Å². The van der Waals surface area contributed by atoms with E-state index in [9.17, 15) is 27.6 Å². The van der Waals surface area contributed by atoms with Gasteiger partial charge in [0, 0.05) is 23.6 Å².